The summed E-state index contributed by atoms with van der Waals surface area (Å²) < 4.78 is 14.4. The van der Waals surface area contributed by atoms with Crippen LogP contribution in [-0.2, 0) is 6.54 Å². The number of rotatable bonds is 11. The van der Waals surface area contributed by atoms with E-state index in [4.69, 9.17) is 0 Å². The van der Waals surface area contributed by atoms with E-state index in [0.717, 1.165) is 69.5 Å². The number of nitrogens with one attached hydrogen (secondary N) is 1. The van der Waals surface area contributed by atoms with Crippen LogP contribution in [0.4, 0.5) is 10.1 Å². The second-order valence-electron chi connectivity index (χ2n) is 5.66. The lowest BCUT2D eigenvalue weighted by molar-refractivity contribution is 0.599. The van der Waals surface area contributed by atoms with E-state index in [1.54, 1.807) is 6.07 Å². The van der Waals surface area contributed by atoms with Crippen LogP contribution in [0.3, 0.4) is 0 Å². The third-order valence-corrected chi connectivity index (χ3v) is 3.67. The van der Waals surface area contributed by atoms with Crippen molar-refractivity contribution in [1.29, 1.82) is 0 Å². The lowest BCUT2D eigenvalue weighted by atomic mass is 10.1. The molecule has 0 aliphatic carbocycles. The van der Waals surface area contributed by atoms with Gasteiger partial charge in [0, 0.05) is 19.6 Å². The Morgan fingerprint density at radius 3 is 2.19 bits per heavy atom. The molecule has 2 nitrogen and oxygen atoms in total. The fourth-order valence-electron chi connectivity index (χ4n) is 2.38. The number of hydrogen-bond donors (Lipinski definition) is 1. The molecule has 1 rings (SSSR count). The molecule has 0 spiro atoms. The van der Waals surface area contributed by atoms with Crippen molar-refractivity contribution in [1.82, 2.24) is 5.32 Å². The van der Waals surface area contributed by atoms with E-state index < -0.39 is 0 Å². The first-order chi connectivity index (χ1) is 10.2. The van der Waals surface area contributed by atoms with Gasteiger partial charge < -0.3 is 10.2 Å². The summed E-state index contributed by atoms with van der Waals surface area (Å²) in [4.78, 5) is 2.20. The van der Waals surface area contributed by atoms with Crippen molar-refractivity contribution in [3.63, 3.8) is 0 Å². The Kier molecular flexibility index (Phi) is 9.07. The van der Waals surface area contributed by atoms with Gasteiger partial charge in [0.25, 0.3) is 0 Å². The fraction of sp³-hybridized carbons (Fsp3) is 0.667. The van der Waals surface area contributed by atoms with E-state index in [-0.39, 0.29) is 5.82 Å². The molecule has 0 amide bonds. The van der Waals surface area contributed by atoms with Crippen molar-refractivity contribution in [2.24, 2.45) is 0 Å². The quantitative estimate of drug-likeness (QED) is 0.593. The Hall–Kier alpha value is -1.09. The molecule has 120 valence electrons. The minimum atomic E-state index is -0.0852. The third kappa shape index (κ3) is 6.47. The molecule has 0 aromatic heterocycles. The number of unbranched alkanes of at least 4 members (excludes halogenated alkanes) is 2. The zero-order chi connectivity index (χ0) is 15.5. The molecule has 1 N–H and O–H groups in total. The largest absolute Gasteiger partial charge is 0.369 e. The normalized spacial score (nSPS) is 10.9. The maximum absolute atomic E-state index is 14.4. The Balaban J connectivity index is 2.73. The monoisotopic (exact) mass is 294 g/mol. The molecule has 0 aliphatic rings. The van der Waals surface area contributed by atoms with Gasteiger partial charge in [0.15, 0.2) is 0 Å². The summed E-state index contributed by atoms with van der Waals surface area (Å²) in [6.07, 6.45) is 5.61. The van der Waals surface area contributed by atoms with Crippen molar-refractivity contribution in [3.05, 3.63) is 29.6 Å². The molecular weight excluding hydrogens is 263 g/mol. The lowest BCUT2D eigenvalue weighted by Gasteiger charge is -2.25. The average molecular weight is 294 g/mol. The Morgan fingerprint density at radius 1 is 1.00 bits per heavy atom. The first-order valence-corrected chi connectivity index (χ1v) is 8.47. The van der Waals surface area contributed by atoms with E-state index in [9.17, 15) is 4.39 Å². The summed E-state index contributed by atoms with van der Waals surface area (Å²) in [6, 6.07) is 5.68. The average Bonchev–Trinajstić information content (AvgIpc) is 2.49. The van der Waals surface area contributed by atoms with E-state index in [0.29, 0.717) is 0 Å². The Bertz CT molecular complexity index is 385. The number of hydrogen-bond acceptors (Lipinski definition) is 2. The number of nitrogens with zero attached hydrogens (tertiary/aromatic N) is 1. The predicted octanol–water partition coefficient (Wildman–Crippen LogP) is 4.73. The SMILES string of the molecule is CCCCN(CCCC)c1ccc(CNCCC)cc1F. The van der Waals surface area contributed by atoms with Crippen molar-refractivity contribution < 1.29 is 4.39 Å². The highest BCUT2D eigenvalue weighted by Crippen LogP contribution is 2.22. The smallest absolute Gasteiger partial charge is 0.146 e. The highest BCUT2D eigenvalue weighted by atomic mass is 19.1. The van der Waals surface area contributed by atoms with Gasteiger partial charge in [-0.1, -0.05) is 39.7 Å². The van der Waals surface area contributed by atoms with Crippen LogP contribution in [0.25, 0.3) is 0 Å². The van der Waals surface area contributed by atoms with Crippen LogP contribution in [0.1, 0.15) is 58.4 Å². The van der Waals surface area contributed by atoms with Gasteiger partial charge in [-0.05, 0) is 43.5 Å². The van der Waals surface area contributed by atoms with Gasteiger partial charge in [-0.3, -0.25) is 0 Å². The van der Waals surface area contributed by atoms with Crippen LogP contribution in [0.5, 0.6) is 0 Å². The molecule has 0 saturated carbocycles. The first-order valence-electron chi connectivity index (χ1n) is 8.47. The van der Waals surface area contributed by atoms with Crippen molar-refractivity contribution in [3.8, 4) is 0 Å². The molecule has 0 bridgehead atoms. The molecule has 21 heavy (non-hydrogen) atoms. The molecule has 3 heteroatoms. The maximum atomic E-state index is 14.4. The summed E-state index contributed by atoms with van der Waals surface area (Å²) in [5.74, 6) is -0.0852. The molecule has 0 aliphatic heterocycles. The highest BCUT2D eigenvalue weighted by molar-refractivity contribution is 5.49. The Morgan fingerprint density at radius 2 is 1.67 bits per heavy atom. The molecule has 0 fully saturated rings. The third-order valence-electron chi connectivity index (χ3n) is 3.67. The standard InChI is InChI=1S/C18H31FN2/c1-4-7-12-21(13-8-5-2)18-10-9-16(14-17(18)19)15-20-11-6-3/h9-10,14,20H,4-8,11-13,15H2,1-3H3. The summed E-state index contributed by atoms with van der Waals surface area (Å²) >= 11 is 0. The van der Waals surface area contributed by atoms with Gasteiger partial charge in [0.1, 0.15) is 5.82 Å². The summed E-state index contributed by atoms with van der Waals surface area (Å²) in [5.41, 5.74) is 1.78. The second kappa shape index (κ2) is 10.6. The van der Waals surface area contributed by atoms with E-state index in [2.05, 4.69) is 31.0 Å². The zero-order valence-corrected chi connectivity index (χ0v) is 13.9. The lowest BCUT2D eigenvalue weighted by Crippen LogP contribution is -2.26. The van der Waals surface area contributed by atoms with Crippen LogP contribution < -0.4 is 10.2 Å². The zero-order valence-electron chi connectivity index (χ0n) is 13.9. The topological polar surface area (TPSA) is 15.3 Å². The van der Waals surface area contributed by atoms with E-state index in [1.807, 2.05) is 12.1 Å². The number of halogens is 1. The fourth-order valence-corrected chi connectivity index (χ4v) is 2.38. The summed E-state index contributed by atoms with van der Waals surface area (Å²) in [5, 5.41) is 3.32. The minimum absolute atomic E-state index is 0.0852. The van der Waals surface area contributed by atoms with Crippen LogP contribution in [0.2, 0.25) is 0 Å². The minimum Gasteiger partial charge on any atom is -0.369 e. The van der Waals surface area contributed by atoms with Crippen LogP contribution in [0, 0.1) is 5.82 Å². The molecule has 0 atom stereocenters. The predicted molar refractivity (Wildman–Crippen MR) is 90.4 cm³/mol. The molecule has 1 aromatic carbocycles. The molecular formula is C18H31FN2. The molecule has 0 radical (unpaired) electrons. The Labute approximate surface area is 129 Å². The van der Waals surface area contributed by atoms with Crippen LogP contribution >= 0.6 is 0 Å². The highest BCUT2D eigenvalue weighted by Gasteiger charge is 2.11. The maximum Gasteiger partial charge on any atom is 0.146 e. The number of anilines is 1. The van der Waals surface area contributed by atoms with Crippen molar-refractivity contribution in [2.45, 2.75) is 59.4 Å². The van der Waals surface area contributed by atoms with Gasteiger partial charge in [-0.25, -0.2) is 4.39 Å². The van der Waals surface area contributed by atoms with E-state index in [1.165, 1.54) is 0 Å². The van der Waals surface area contributed by atoms with Crippen molar-refractivity contribution >= 4 is 5.69 Å². The second-order valence-corrected chi connectivity index (χ2v) is 5.66. The molecule has 0 unspecified atom stereocenters. The van der Waals surface area contributed by atoms with Crippen LogP contribution in [-0.4, -0.2) is 19.6 Å². The van der Waals surface area contributed by atoms with Gasteiger partial charge >= 0.3 is 0 Å². The summed E-state index contributed by atoms with van der Waals surface area (Å²) in [6.45, 7) is 10.1. The molecule has 1 aromatic rings. The van der Waals surface area contributed by atoms with E-state index >= 15 is 0 Å². The number of benzene rings is 1. The van der Waals surface area contributed by atoms with Gasteiger partial charge in [-0.15, -0.1) is 0 Å². The molecule has 0 saturated heterocycles. The van der Waals surface area contributed by atoms with Gasteiger partial charge in [0.05, 0.1) is 5.69 Å². The molecule has 0 heterocycles. The van der Waals surface area contributed by atoms with Gasteiger partial charge in [0.2, 0.25) is 0 Å². The van der Waals surface area contributed by atoms with Crippen LogP contribution in [0.15, 0.2) is 18.2 Å². The van der Waals surface area contributed by atoms with Crippen molar-refractivity contribution in [2.75, 3.05) is 24.5 Å². The van der Waals surface area contributed by atoms with Gasteiger partial charge in [-0.2, -0.15) is 0 Å². The summed E-state index contributed by atoms with van der Waals surface area (Å²) in [7, 11) is 0. The first kappa shape index (κ1) is 18.0.